The lowest BCUT2D eigenvalue weighted by atomic mass is 10.1. The topological polar surface area (TPSA) is 38.5 Å². The number of carbonyl (C=O) groups excluding carboxylic acids is 1. The summed E-state index contributed by atoms with van der Waals surface area (Å²) in [7, 11) is 2.06. The van der Waals surface area contributed by atoms with Crippen LogP contribution in [0.4, 0.5) is 5.69 Å². The fourth-order valence-electron chi connectivity index (χ4n) is 3.57. The third-order valence-corrected chi connectivity index (χ3v) is 5.45. The molecule has 6 heteroatoms. The standard InChI is InChI=1S/C18H21Cl2N3O/c1-12(18(24)21-15-11-13(19)7-8-14(15)20)23-10-4-6-17(23)16-5-3-9-22(16)2/h3,5,7-9,11-12,17H,4,6,10H2,1-2H3,(H,21,24)/p+1/t12-,17+/m0/s1. The van der Waals surface area contributed by atoms with E-state index in [0.29, 0.717) is 21.8 Å². The van der Waals surface area contributed by atoms with Crippen LogP contribution in [0.2, 0.25) is 10.0 Å². The molecule has 2 aromatic rings. The van der Waals surface area contributed by atoms with E-state index in [4.69, 9.17) is 23.2 Å². The predicted molar refractivity (Wildman–Crippen MR) is 97.8 cm³/mol. The van der Waals surface area contributed by atoms with Gasteiger partial charge in [0.25, 0.3) is 5.91 Å². The minimum absolute atomic E-state index is 0.0322. The number of amides is 1. The predicted octanol–water partition coefficient (Wildman–Crippen LogP) is 3.08. The molecule has 0 aliphatic carbocycles. The SMILES string of the molecule is C[C@@H](C(=O)Nc1cc(Cl)ccc1Cl)[NH+]1CCC[C@@H]1c1cccn1C. The van der Waals surface area contributed by atoms with Gasteiger partial charge in [0, 0.05) is 31.1 Å². The van der Waals surface area contributed by atoms with E-state index in [0.717, 1.165) is 19.4 Å². The number of carbonyl (C=O) groups is 1. The number of nitrogens with zero attached hydrogens (tertiary/aromatic N) is 1. The van der Waals surface area contributed by atoms with Crippen LogP contribution >= 0.6 is 23.2 Å². The second kappa shape index (κ2) is 7.18. The first-order chi connectivity index (χ1) is 11.5. The Morgan fingerprint density at radius 3 is 2.88 bits per heavy atom. The van der Waals surface area contributed by atoms with Crippen LogP contribution in [0.3, 0.4) is 0 Å². The highest BCUT2D eigenvalue weighted by Gasteiger charge is 2.38. The second-order valence-electron chi connectivity index (χ2n) is 6.40. The third kappa shape index (κ3) is 3.46. The van der Waals surface area contributed by atoms with Gasteiger partial charge in [-0.25, -0.2) is 0 Å². The number of hydrogen-bond donors (Lipinski definition) is 2. The fourth-order valence-corrected chi connectivity index (χ4v) is 3.90. The van der Waals surface area contributed by atoms with E-state index in [1.807, 2.05) is 6.92 Å². The molecule has 1 amide bonds. The molecule has 1 unspecified atom stereocenters. The van der Waals surface area contributed by atoms with E-state index in [2.05, 4.69) is 35.3 Å². The number of anilines is 1. The summed E-state index contributed by atoms with van der Waals surface area (Å²) in [5, 5.41) is 3.97. The molecular formula is C18H22Cl2N3O+. The Labute approximate surface area is 152 Å². The number of nitrogens with one attached hydrogen (secondary N) is 2. The largest absolute Gasteiger partial charge is 0.350 e. The van der Waals surface area contributed by atoms with E-state index >= 15 is 0 Å². The maximum Gasteiger partial charge on any atom is 0.282 e. The number of quaternary nitrogens is 1. The number of benzene rings is 1. The first-order valence-corrected chi connectivity index (χ1v) is 8.95. The van der Waals surface area contributed by atoms with Crippen molar-refractivity contribution < 1.29 is 9.69 Å². The summed E-state index contributed by atoms with van der Waals surface area (Å²) in [4.78, 5) is 14.0. The first-order valence-electron chi connectivity index (χ1n) is 8.20. The van der Waals surface area contributed by atoms with Gasteiger partial charge in [-0.1, -0.05) is 23.2 Å². The summed E-state index contributed by atoms with van der Waals surface area (Å²) >= 11 is 12.1. The van der Waals surface area contributed by atoms with Crippen LogP contribution in [-0.4, -0.2) is 23.1 Å². The van der Waals surface area contributed by atoms with Gasteiger partial charge >= 0.3 is 0 Å². The highest BCUT2D eigenvalue weighted by Crippen LogP contribution is 2.26. The molecule has 1 saturated heterocycles. The van der Waals surface area contributed by atoms with Gasteiger partial charge in [-0.05, 0) is 37.3 Å². The molecule has 3 rings (SSSR count). The van der Waals surface area contributed by atoms with Gasteiger partial charge in [0.05, 0.1) is 22.9 Å². The number of aromatic nitrogens is 1. The Morgan fingerprint density at radius 2 is 2.17 bits per heavy atom. The molecule has 1 aliphatic heterocycles. The number of rotatable bonds is 4. The summed E-state index contributed by atoms with van der Waals surface area (Å²) < 4.78 is 2.15. The maximum atomic E-state index is 12.7. The summed E-state index contributed by atoms with van der Waals surface area (Å²) in [6.07, 6.45) is 4.28. The molecule has 2 N–H and O–H groups in total. The van der Waals surface area contributed by atoms with Crippen molar-refractivity contribution in [3.63, 3.8) is 0 Å². The first kappa shape index (κ1) is 17.3. The minimum Gasteiger partial charge on any atom is -0.350 e. The van der Waals surface area contributed by atoms with Crippen molar-refractivity contribution in [3.8, 4) is 0 Å². The van der Waals surface area contributed by atoms with E-state index in [1.54, 1.807) is 18.2 Å². The number of halogens is 2. The lowest BCUT2D eigenvalue weighted by molar-refractivity contribution is -0.932. The van der Waals surface area contributed by atoms with Crippen LogP contribution in [0.15, 0.2) is 36.5 Å². The molecule has 24 heavy (non-hydrogen) atoms. The van der Waals surface area contributed by atoms with Crippen LogP contribution in [0.25, 0.3) is 0 Å². The number of likely N-dealkylation sites (tertiary alicyclic amines) is 1. The normalized spacial score (nSPS) is 21.7. The molecule has 3 atom stereocenters. The summed E-state index contributed by atoms with van der Waals surface area (Å²) in [6.45, 7) is 2.97. The highest BCUT2D eigenvalue weighted by atomic mass is 35.5. The Balaban J connectivity index is 1.75. The molecule has 1 aliphatic rings. The van der Waals surface area contributed by atoms with Gasteiger partial charge < -0.3 is 14.8 Å². The molecule has 1 aromatic carbocycles. The van der Waals surface area contributed by atoms with Crippen molar-refractivity contribution in [1.29, 1.82) is 0 Å². The summed E-state index contributed by atoms with van der Waals surface area (Å²) in [5.74, 6) is -0.0322. The summed E-state index contributed by atoms with van der Waals surface area (Å²) in [5.41, 5.74) is 1.85. The van der Waals surface area contributed by atoms with Gasteiger partial charge in [-0.15, -0.1) is 0 Å². The zero-order valence-corrected chi connectivity index (χ0v) is 15.4. The minimum atomic E-state index is -0.164. The van der Waals surface area contributed by atoms with E-state index in [1.165, 1.54) is 10.6 Å². The molecule has 1 aromatic heterocycles. The second-order valence-corrected chi connectivity index (χ2v) is 7.24. The number of hydrogen-bond acceptors (Lipinski definition) is 1. The molecule has 128 valence electrons. The molecule has 2 heterocycles. The van der Waals surface area contributed by atoms with Gasteiger partial charge in [0.2, 0.25) is 0 Å². The molecular weight excluding hydrogens is 345 g/mol. The van der Waals surface area contributed by atoms with Crippen molar-refractivity contribution in [1.82, 2.24) is 4.57 Å². The molecule has 4 nitrogen and oxygen atoms in total. The molecule has 0 bridgehead atoms. The van der Waals surface area contributed by atoms with Crippen molar-refractivity contribution in [2.45, 2.75) is 31.8 Å². The third-order valence-electron chi connectivity index (χ3n) is 4.88. The van der Waals surface area contributed by atoms with Crippen LogP contribution in [0.1, 0.15) is 31.5 Å². The number of aryl methyl sites for hydroxylation is 1. The van der Waals surface area contributed by atoms with E-state index in [9.17, 15) is 4.79 Å². The molecule has 0 spiro atoms. The van der Waals surface area contributed by atoms with Crippen LogP contribution in [0, 0.1) is 0 Å². The molecule has 0 saturated carbocycles. The quantitative estimate of drug-likeness (QED) is 0.857. The van der Waals surface area contributed by atoms with E-state index in [-0.39, 0.29) is 11.9 Å². The van der Waals surface area contributed by atoms with Crippen LogP contribution < -0.4 is 10.2 Å². The Hall–Kier alpha value is -1.49. The maximum absolute atomic E-state index is 12.7. The van der Waals surface area contributed by atoms with Crippen molar-refractivity contribution >= 4 is 34.8 Å². The Bertz CT molecular complexity index is 744. The van der Waals surface area contributed by atoms with Crippen LogP contribution in [-0.2, 0) is 11.8 Å². The highest BCUT2D eigenvalue weighted by molar-refractivity contribution is 6.35. The van der Waals surface area contributed by atoms with Crippen molar-refractivity contribution in [3.05, 3.63) is 52.3 Å². The Morgan fingerprint density at radius 1 is 1.38 bits per heavy atom. The van der Waals surface area contributed by atoms with Crippen LogP contribution in [0.5, 0.6) is 0 Å². The average Bonchev–Trinajstić information content (AvgIpc) is 3.18. The lowest BCUT2D eigenvalue weighted by Crippen LogP contribution is -3.15. The zero-order chi connectivity index (χ0) is 17.3. The summed E-state index contributed by atoms with van der Waals surface area (Å²) in [6, 6.07) is 9.47. The van der Waals surface area contributed by atoms with Gasteiger partial charge in [-0.2, -0.15) is 0 Å². The van der Waals surface area contributed by atoms with Crippen molar-refractivity contribution in [2.75, 3.05) is 11.9 Å². The monoisotopic (exact) mass is 366 g/mol. The molecule has 1 fully saturated rings. The average molecular weight is 367 g/mol. The van der Waals surface area contributed by atoms with Gasteiger partial charge in [-0.3, -0.25) is 4.79 Å². The van der Waals surface area contributed by atoms with E-state index < -0.39 is 0 Å². The Kier molecular flexibility index (Phi) is 5.18. The molecule has 0 radical (unpaired) electrons. The van der Waals surface area contributed by atoms with Crippen molar-refractivity contribution in [2.24, 2.45) is 7.05 Å². The lowest BCUT2D eigenvalue weighted by Gasteiger charge is -2.27. The van der Waals surface area contributed by atoms with Gasteiger partial charge in [0.1, 0.15) is 6.04 Å². The fraction of sp³-hybridized carbons (Fsp3) is 0.389. The smallest absolute Gasteiger partial charge is 0.282 e. The van der Waals surface area contributed by atoms with Gasteiger partial charge in [0.15, 0.2) is 6.04 Å². The zero-order valence-electron chi connectivity index (χ0n) is 13.9.